The molecule has 0 bridgehead atoms. The van der Waals surface area contributed by atoms with Gasteiger partial charge in [-0.1, -0.05) is 19.3 Å². The standard InChI is InChI=1S/C9H15NO2S2/c1-7(11)13-14-9(12)10-8-5-3-2-4-6-8/h8H,2-6H2,1H3,(H,10,12). The molecular weight excluding hydrogens is 218 g/mol. The van der Waals surface area contributed by atoms with Crippen LogP contribution in [-0.4, -0.2) is 16.4 Å². The summed E-state index contributed by atoms with van der Waals surface area (Å²) in [5.41, 5.74) is 0. The lowest BCUT2D eigenvalue weighted by atomic mass is 9.96. The smallest absolute Gasteiger partial charge is 0.290 e. The molecule has 0 radical (unpaired) electrons. The van der Waals surface area contributed by atoms with Crippen molar-refractivity contribution in [3.63, 3.8) is 0 Å². The number of carbonyl (C=O) groups excluding carboxylic acids is 2. The summed E-state index contributed by atoms with van der Waals surface area (Å²) in [6, 6.07) is 0.330. The Kier molecular flexibility index (Phi) is 5.40. The van der Waals surface area contributed by atoms with Crippen LogP contribution in [0.4, 0.5) is 4.79 Å². The number of hydrogen-bond acceptors (Lipinski definition) is 4. The molecule has 3 nitrogen and oxygen atoms in total. The molecule has 0 aromatic carbocycles. The van der Waals surface area contributed by atoms with Crippen LogP contribution in [0.5, 0.6) is 0 Å². The van der Waals surface area contributed by atoms with E-state index in [2.05, 4.69) is 5.32 Å². The molecule has 0 saturated heterocycles. The molecule has 5 heteroatoms. The highest BCUT2D eigenvalue weighted by Gasteiger charge is 2.16. The summed E-state index contributed by atoms with van der Waals surface area (Å²) < 4.78 is 0. The molecule has 0 heterocycles. The quantitative estimate of drug-likeness (QED) is 0.707. The van der Waals surface area contributed by atoms with Gasteiger partial charge in [0, 0.05) is 23.8 Å². The van der Waals surface area contributed by atoms with Gasteiger partial charge in [0.1, 0.15) is 0 Å². The number of rotatable bonds is 1. The van der Waals surface area contributed by atoms with Crippen LogP contribution in [0.25, 0.3) is 0 Å². The molecule has 0 aliphatic heterocycles. The maximum atomic E-state index is 11.3. The van der Waals surface area contributed by atoms with Gasteiger partial charge < -0.3 is 5.32 Å². The topological polar surface area (TPSA) is 46.2 Å². The molecule has 1 rings (SSSR count). The summed E-state index contributed by atoms with van der Waals surface area (Å²) in [6.07, 6.45) is 5.85. The molecule has 1 aliphatic carbocycles. The van der Waals surface area contributed by atoms with Crippen molar-refractivity contribution in [2.75, 3.05) is 0 Å². The fourth-order valence-corrected chi connectivity index (χ4v) is 2.67. The first-order chi connectivity index (χ1) is 6.68. The molecule has 0 aromatic rings. The van der Waals surface area contributed by atoms with Crippen molar-refractivity contribution >= 4 is 31.9 Å². The summed E-state index contributed by atoms with van der Waals surface area (Å²) in [7, 11) is 1.99. The second kappa shape index (κ2) is 6.35. The molecule has 80 valence electrons. The Labute approximate surface area is 92.2 Å². The average Bonchev–Trinajstić information content (AvgIpc) is 2.16. The molecule has 14 heavy (non-hydrogen) atoms. The van der Waals surface area contributed by atoms with E-state index < -0.39 is 0 Å². The monoisotopic (exact) mass is 233 g/mol. The van der Waals surface area contributed by atoms with Crippen LogP contribution in [0.15, 0.2) is 0 Å². The zero-order chi connectivity index (χ0) is 10.4. The summed E-state index contributed by atoms with van der Waals surface area (Å²) in [5.74, 6) is 0. The predicted molar refractivity (Wildman–Crippen MR) is 61.3 cm³/mol. The van der Waals surface area contributed by atoms with Gasteiger partial charge in [-0.2, -0.15) is 0 Å². The maximum Gasteiger partial charge on any atom is 0.290 e. The molecule has 1 aliphatic rings. The van der Waals surface area contributed by atoms with Crippen LogP contribution in [0, 0.1) is 0 Å². The second-order valence-electron chi connectivity index (χ2n) is 3.42. The Balaban J connectivity index is 2.15. The summed E-state index contributed by atoms with van der Waals surface area (Å²) in [6.45, 7) is 1.46. The van der Waals surface area contributed by atoms with Crippen LogP contribution >= 0.6 is 21.6 Å². The second-order valence-corrected chi connectivity index (χ2v) is 5.70. The lowest BCUT2D eigenvalue weighted by Gasteiger charge is -2.22. The van der Waals surface area contributed by atoms with E-state index in [1.807, 2.05) is 0 Å². The lowest BCUT2D eigenvalue weighted by molar-refractivity contribution is -0.109. The van der Waals surface area contributed by atoms with E-state index in [4.69, 9.17) is 0 Å². The minimum atomic E-state index is -0.0860. The van der Waals surface area contributed by atoms with Gasteiger partial charge in [-0.15, -0.1) is 0 Å². The van der Waals surface area contributed by atoms with Crippen LogP contribution < -0.4 is 5.32 Å². The summed E-state index contributed by atoms with van der Waals surface area (Å²) >= 11 is 0. The number of nitrogens with one attached hydrogen (secondary N) is 1. The maximum absolute atomic E-state index is 11.3. The zero-order valence-electron chi connectivity index (χ0n) is 8.25. The van der Waals surface area contributed by atoms with E-state index in [1.54, 1.807) is 0 Å². The molecule has 1 amide bonds. The van der Waals surface area contributed by atoms with Crippen molar-refractivity contribution < 1.29 is 9.59 Å². The molecular formula is C9H15NO2S2. The third-order valence-corrected chi connectivity index (χ3v) is 4.16. The fourth-order valence-electron chi connectivity index (χ4n) is 1.53. The first kappa shape index (κ1) is 11.9. The van der Waals surface area contributed by atoms with Gasteiger partial charge in [-0.3, -0.25) is 9.59 Å². The van der Waals surface area contributed by atoms with Gasteiger partial charge in [-0.05, 0) is 23.6 Å². The van der Waals surface area contributed by atoms with Gasteiger partial charge >= 0.3 is 0 Å². The Bertz CT molecular complexity index is 215. The molecule has 1 saturated carbocycles. The predicted octanol–water partition coefficient (Wildman–Crippen LogP) is 2.96. The first-order valence-electron chi connectivity index (χ1n) is 4.84. The van der Waals surface area contributed by atoms with E-state index in [0.29, 0.717) is 6.04 Å². The number of carbonyl (C=O) groups is 2. The Morgan fingerprint density at radius 2 is 1.79 bits per heavy atom. The Morgan fingerprint density at radius 3 is 2.36 bits per heavy atom. The average molecular weight is 233 g/mol. The highest BCUT2D eigenvalue weighted by molar-refractivity contribution is 8.87. The van der Waals surface area contributed by atoms with E-state index in [9.17, 15) is 9.59 Å². The highest BCUT2D eigenvalue weighted by atomic mass is 33.1. The van der Waals surface area contributed by atoms with Gasteiger partial charge in [0.15, 0.2) is 5.12 Å². The number of hydrogen-bond donors (Lipinski definition) is 1. The molecule has 1 fully saturated rings. The van der Waals surface area contributed by atoms with Crippen molar-refractivity contribution in [2.24, 2.45) is 0 Å². The van der Waals surface area contributed by atoms with E-state index in [1.165, 1.54) is 26.2 Å². The van der Waals surface area contributed by atoms with Gasteiger partial charge in [0.25, 0.3) is 5.24 Å². The Hall–Kier alpha value is -0.160. The normalized spacial score (nSPS) is 17.8. The molecule has 0 atom stereocenters. The van der Waals surface area contributed by atoms with Crippen molar-refractivity contribution in [1.82, 2.24) is 5.32 Å². The molecule has 1 N–H and O–H groups in total. The minimum Gasteiger partial charge on any atom is -0.344 e. The largest absolute Gasteiger partial charge is 0.344 e. The minimum absolute atomic E-state index is 0.0335. The van der Waals surface area contributed by atoms with E-state index >= 15 is 0 Å². The van der Waals surface area contributed by atoms with Gasteiger partial charge in [0.05, 0.1) is 0 Å². The number of amides is 1. The zero-order valence-corrected chi connectivity index (χ0v) is 9.88. The SMILES string of the molecule is CC(=O)SSC(=O)NC1CCCCC1. The van der Waals surface area contributed by atoms with Crippen LogP contribution in [0.2, 0.25) is 0 Å². The van der Waals surface area contributed by atoms with E-state index in [0.717, 1.165) is 34.4 Å². The third-order valence-electron chi connectivity index (χ3n) is 2.16. The van der Waals surface area contributed by atoms with Gasteiger partial charge in [-0.25, -0.2) is 0 Å². The van der Waals surface area contributed by atoms with Crippen LogP contribution in [0.1, 0.15) is 39.0 Å². The van der Waals surface area contributed by atoms with Crippen molar-refractivity contribution in [2.45, 2.75) is 45.1 Å². The fraction of sp³-hybridized carbons (Fsp3) is 0.778. The van der Waals surface area contributed by atoms with Crippen molar-refractivity contribution in [3.05, 3.63) is 0 Å². The lowest BCUT2D eigenvalue weighted by Crippen LogP contribution is -2.33. The third kappa shape index (κ3) is 4.91. The Morgan fingerprint density at radius 1 is 1.14 bits per heavy atom. The summed E-state index contributed by atoms with van der Waals surface area (Å²) in [5, 5.41) is 2.81. The van der Waals surface area contributed by atoms with E-state index in [-0.39, 0.29) is 10.4 Å². The van der Waals surface area contributed by atoms with Crippen molar-refractivity contribution in [1.29, 1.82) is 0 Å². The van der Waals surface area contributed by atoms with Crippen LogP contribution in [-0.2, 0) is 4.79 Å². The summed E-state index contributed by atoms with van der Waals surface area (Å²) in [4.78, 5) is 21.9. The first-order valence-corrected chi connectivity index (χ1v) is 6.99. The molecule has 0 aromatic heterocycles. The van der Waals surface area contributed by atoms with Crippen LogP contribution in [0.3, 0.4) is 0 Å². The highest BCUT2D eigenvalue weighted by Crippen LogP contribution is 2.24. The molecule has 0 unspecified atom stereocenters. The molecule has 0 spiro atoms. The van der Waals surface area contributed by atoms with Gasteiger partial charge in [0.2, 0.25) is 0 Å². The van der Waals surface area contributed by atoms with Crippen molar-refractivity contribution in [3.8, 4) is 0 Å².